The van der Waals surface area contributed by atoms with Gasteiger partial charge in [-0.15, -0.1) is 0 Å². The van der Waals surface area contributed by atoms with Gasteiger partial charge in [-0.1, -0.05) is 105 Å². The van der Waals surface area contributed by atoms with Gasteiger partial charge in [0.2, 0.25) is 65.0 Å². The SMILES string of the molecule is CC[C@H](C)[C@@H]1NC(=O)[C@@H](CCCNC(=N)N)NC(=O)[C@H](CC(C)C)NC(=O)[C@H]([C@H](O)C(C)C)NC(=O)[C@@H](NC(=O)[C@H](Cc2ccc(C(F)(F)F)nc2)NC(=O)[C@H](N)CC(C)(C)C)[C@@H](c2ccccc2)OC(=O)[C@H](CO)NC(=O)[C@H]([C@H](O)C(N)=O)NC(=O)CNC(=O)[C@H]([C@H](C)O)NC1=O. The van der Waals surface area contributed by atoms with Crippen LogP contribution in [0.4, 0.5) is 13.2 Å². The van der Waals surface area contributed by atoms with Crippen LogP contribution in [0.15, 0.2) is 48.7 Å². The molecule has 3 rings (SSSR count). The molecule has 0 unspecified atom stereocenters. The van der Waals surface area contributed by atoms with Gasteiger partial charge in [-0.2, -0.15) is 13.2 Å². The Kier molecular flexibility index (Phi) is 32.3. The number of aliphatic hydroxyl groups excluding tert-OH is 4. The fourth-order valence-electron chi connectivity index (χ4n) is 9.87. The van der Waals surface area contributed by atoms with Gasteiger partial charge in [0.1, 0.15) is 54.0 Å². The molecule has 22 N–H and O–H groups in total. The molecule has 0 aliphatic carbocycles. The molecular weight excluding hydrogens is 1300 g/mol. The molecule has 11 amide bonds. The molecule has 36 heteroatoms. The van der Waals surface area contributed by atoms with E-state index < -0.39 is 216 Å². The average Bonchev–Trinajstić information content (AvgIpc) is 0.816. The largest absolute Gasteiger partial charge is 0.453 e. The number of benzene rings is 1. The van der Waals surface area contributed by atoms with Crippen molar-refractivity contribution in [2.45, 2.75) is 199 Å². The maximum atomic E-state index is 15.5. The van der Waals surface area contributed by atoms with Gasteiger partial charge < -0.3 is 101 Å². The van der Waals surface area contributed by atoms with E-state index >= 15 is 9.59 Å². The van der Waals surface area contributed by atoms with Gasteiger partial charge in [0.25, 0.3) is 0 Å². The Hall–Kier alpha value is -9.13. The van der Waals surface area contributed by atoms with Crippen molar-refractivity contribution < 1.29 is 95.9 Å². The second kappa shape index (κ2) is 38.1. The number of carbonyl (C=O) groups excluding carboxylic acids is 12. The first-order chi connectivity index (χ1) is 45.6. The Labute approximate surface area is 564 Å². The fourth-order valence-corrected chi connectivity index (χ4v) is 9.87. The van der Waals surface area contributed by atoms with E-state index in [9.17, 15) is 81.5 Å². The number of hydrogen-bond donors (Lipinski definition) is 19. The number of carbonyl (C=O) groups is 12. The van der Waals surface area contributed by atoms with Crippen LogP contribution >= 0.6 is 0 Å². The van der Waals surface area contributed by atoms with Crippen molar-refractivity contribution in [3.05, 3.63) is 65.5 Å². The summed E-state index contributed by atoms with van der Waals surface area (Å²) < 4.78 is 47.1. The highest BCUT2D eigenvalue weighted by Gasteiger charge is 2.44. The van der Waals surface area contributed by atoms with Crippen LogP contribution in [0.3, 0.4) is 0 Å². The summed E-state index contributed by atoms with van der Waals surface area (Å²) >= 11 is 0. The van der Waals surface area contributed by atoms with Gasteiger partial charge >= 0.3 is 12.1 Å². The highest BCUT2D eigenvalue weighted by atomic mass is 19.4. The Morgan fingerprint density at radius 3 is 1.83 bits per heavy atom. The van der Waals surface area contributed by atoms with Crippen molar-refractivity contribution in [3.8, 4) is 0 Å². The Balaban J connectivity index is 2.48. The van der Waals surface area contributed by atoms with Gasteiger partial charge in [-0.05, 0) is 73.0 Å². The van der Waals surface area contributed by atoms with E-state index in [4.69, 9.17) is 27.3 Å². The summed E-state index contributed by atoms with van der Waals surface area (Å²) in [5.74, 6) is -18.5. The molecule has 1 aliphatic heterocycles. The molecule has 1 fully saturated rings. The Morgan fingerprint density at radius 1 is 0.724 bits per heavy atom. The number of ether oxygens (including phenoxy) is 1. The number of aromatic nitrogens is 1. The number of amides is 11. The van der Waals surface area contributed by atoms with Gasteiger partial charge in [0, 0.05) is 19.2 Å². The molecule has 1 saturated heterocycles. The molecule has 2 heterocycles. The Bertz CT molecular complexity index is 3100. The lowest BCUT2D eigenvalue weighted by Crippen LogP contribution is -2.64. The third-order valence-corrected chi connectivity index (χ3v) is 15.4. The smallest absolute Gasteiger partial charge is 0.433 e. The molecule has 15 atom stereocenters. The topological polar surface area (TPSA) is 542 Å². The lowest BCUT2D eigenvalue weighted by atomic mass is 9.88. The monoisotopic (exact) mass is 1390 g/mol. The van der Waals surface area contributed by atoms with Crippen LogP contribution in [0.2, 0.25) is 0 Å². The molecular formula is C62H95F3N16O17. The number of aliphatic hydroxyl groups is 4. The predicted octanol–water partition coefficient (Wildman–Crippen LogP) is -4.22. The van der Waals surface area contributed by atoms with Crippen LogP contribution in [0.1, 0.15) is 124 Å². The molecule has 546 valence electrons. The minimum Gasteiger partial charge on any atom is -0.453 e. The first kappa shape index (κ1) is 83.1. The van der Waals surface area contributed by atoms with Gasteiger partial charge in [0.05, 0.1) is 31.4 Å². The number of rotatable bonds is 22. The Morgan fingerprint density at radius 2 is 1.30 bits per heavy atom. The highest BCUT2D eigenvalue weighted by Crippen LogP contribution is 2.28. The summed E-state index contributed by atoms with van der Waals surface area (Å²) in [6, 6.07) is -11.1. The third kappa shape index (κ3) is 26.4. The van der Waals surface area contributed by atoms with Crippen molar-refractivity contribution in [2.75, 3.05) is 19.7 Å². The average molecular weight is 1390 g/mol. The van der Waals surface area contributed by atoms with Crippen LogP contribution in [-0.2, 0) is 74.9 Å². The number of hydrogen-bond acceptors (Lipinski definition) is 20. The van der Waals surface area contributed by atoms with Crippen LogP contribution in [0, 0.1) is 28.6 Å². The highest BCUT2D eigenvalue weighted by molar-refractivity contribution is 6.00. The number of cyclic esters (lactones) is 1. The number of alkyl halides is 3. The number of nitrogens with one attached hydrogen (secondary N) is 12. The predicted molar refractivity (Wildman–Crippen MR) is 344 cm³/mol. The second-order valence-corrected chi connectivity index (χ2v) is 25.8. The molecule has 0 saturated carbocycles. The zero-order valence-electron chi connectivity index (χ0n) is 56.2. The normalized spacial score (nSPS) is 23.9. The second-order valence-electron chi connectivity index (χ2n) is 25.8. The third-order valence-electron chi connectivity index (χ3n) is 15.4. The van der Waals surface area contributed by atoms with Crippen LogP contribution in [0.25, 0.3) is 0 Å². The first-order valence-corrected chi connectivity index (χ1v) is 31.7. The minimum absolute atomic E-state index is 0.00269. The van der Waals surface area contributed by atoms with Gasteiger partial charge in [0.15, 0.2) is 24.2 Å². The maximum absolute atomic E-state index is 15.5. The summed E-state index contributed by atoms with van der Waals surface area (Å²) in [6.45, 7) is 13.0. The summed E-state index contributed by atoms with van der Waals surface area (Å²) in [5.41, 5.74) is 14.9. The zero-order chi connectivity index (χ0) is 74.3. The number of nitrogens with two attached hydrogens (primary N) is 3. The van der Waals surface area contributed by atoms with Crippen LogP contribution < -0.4 is 75.7 Å². The molecule has 0 spiro atoms. The zero-order valence-corrected chi connectivity index (χ0v) is 56.2. The number of esters is 1. The molecule has 33 nitrogen and oxygen atoms in total. The molecule has 1 aromatic heterocycles. The van der Waals surface area contributed by atoms with E-state index in [1.165, 1.54) is 44.2 Å². The minimum atomic E-state index is -4.92. The van der Waals surface area contributed by atoms with Gasteiger partial charge in [-0.25, -0.2) is 4.79 Å². The van der Waals surface area contributed by atoms with Crippen molar-refractivity contribution in [3.63, 3.8) is 0 Å². The quantitative estimate of drug-likeness (QED) is 0.0230. The summed E-state index contributed by atoms with van der Waals surface area (Å²) in [5, 5.41) is 77.8. The number of halogens is 3. The van der Waals surface area contributed by atoms with E-state index in [1.54, 1.807) is 48.5 Å². The molecule has 0 bridgehead atoms. The van der Waals surface area contributed by atoms with Gasteiger partial charge in [-0.3, -0.25) is 63.1 Å². The molecule has 98 heavy (non-hydrogen) atoms. The fraction of sp³-hybridized carbons (Fsp3) is 0.613. The van der Waals surface area contributed by atoms with E-state index in [-0.39, 0.29) is 49.8 Å². The van der Waals surface area contributed by atoms with Crippen molar-refractivity contribution in [2.24, 2.45) is 40.4 Å². The van der Waals surface area contributed by atoms with E-state index in [0.717, 1.165) is 19.2 Å². The summed E-state index contributed by atoms with van der Waals surface area (Å²) in [6.07, 6.45) is -13.6. The first-order valence-electron chi connectivity index (χ1n) is 31.7. The lowest BCUT2D eigenvalue weighted by molar-refractivity contribution is -0.159. The van der Waals surface area contributed by atoms with E-state index in [0.29, 0.717) is 6.07 Å². The maximum Gasteiger partial charge on any atom is 0.433 e. The molecule has 2 aromatic rings. The number of primary amides is 1. The van der Waals surface area contributed by atoms with E-state index in [1.807, 2.05) is 10.6 Å². The van der Waals surface area contributed by atoms with Crippen molar-refractivity contribution in [1.82, 2.24) is 63.5 Å². The van der Waals surface area contributed by atoms with Crippen molar-refractivity contribution in [1.29, 1.82) is 5.41 Å². The number of guanidine groups is 1. The lowest BCUT2D eigenvalue weighted by Gasteiger charge is -2.33. The van der Waals surface area contributed by atoms with Crippen LogP contribution in [-0.4, -0.2) is 201 Å². The summed E-state index contributed by atoms with van der Waals surface area (Å²) in [7, 11) is 0. The number of pyridine rings is 1. The number of nitrogens with zero attached hydrogens (tertiary/aromatic N) is 1. The van der Waals surface area contributed by atoms with E-state index in [2.05, 4.69) is 52.8 Å². The molecule has 0 radical (unpaired) electrons. The van der Waals surface area contributed by atoms with Crippen LogP contribution in [0.5, 0.6) is 0 Å². The van der Waals surface area contributed by atoms with Crippen molar-refractivity contribution >= 4 is 76.9 Å². The summed E-state index contributed by atoms with van der Waals surface area (Å²) in [4.78, 5) is 175. The molecule has 1 aromatic carbocycles. The standard InChI is InChI=1S/C62H95F3N16O17/c1-11-30(6)41-55(93)79-42(31(7)83)54(92)72-26-40(84)77-44(47(86)49(67)87)57(95)76-38(27-82)59(97)98-48(33-16-13-12-14-17-33)45(81-53(91)37(74-50(88)34(66)24-61(8,9)10)23-32-19-20-39(71-25-32)62(63,64)65)58(96)80-43(46(85)29(4)5)56(94)75-36(22-28(2)3)52(90)73-35(51(89)78-41)18-15-21-70-60(68)69/h12-14,16-17,19-20,25,28-31,34-38,41-48,82-83,85-86H,11,15,18,21-24,26-27,66H2,1-10H3,(H2,67,87)(H,72,92)(H,73,90)(H,74,88)(H,75,94)(H,76,95)(H,77,84)(H,78,89)(H,79,93)(H,80,96)(H,81,91)(H4,68,69,70)/t30-,31-,34+,35+,36-,37-,38-,41-,42-,43-,44-,45-,46+,47-,48+/m0/s1. The molecule has 1 aliphatic rings.